The van der Waals surface area contributed by atoms with Gasteiger partial charge in [0, 0.05) is 5.02 Å². The molecule has 15 heavy (non-hydrogen) atoms. The fraction of sp³-hybridized carbons (Fsp3) is 0.400. The molecule has 1 unspecified atom stereocenters. The smallest absolute Gasteiger partial charge is 0.159 e. The molecular weight excluding hydrogens is 236 g/mol. The van der Waals surface area contributed by atoms with Gasteiger partial charge >= 0.3 is 0 Å². The second-order valence-electron chi connectivity index (χ2n) is 3.28. The molecule has 1 atom stereocenters. The van der Waals surface area contributed by atoms with Gasteiger partial charge in [0.05, 0.1) is 17.6 Å². The maximum absolute atomic E-state index is 11.6. The number of sulfone groups is 1. The number of hydrogen-bond acceptors (Lipinski definition) is 3. The zero-order valence-corrected chi connectivity index (χ0v) is 9.92. The Labute approximate surface area is 94.6 Å². The quantitative estimate of drug-likeness (QED) is 0.884. The van der Waals surface area contributed by atoms with Crippen LogP contribution in [0.3, 0.4) is 0 Å². The first-order chi connectivity index (χ1) is 6.97. The van der Waals surface area contributed by atoms with Gasteiger partial charge in [0.2, 0.25) is 0 Å². The van der Waals surface area contributed by atoms with Gasteiger partial charge in [-0.25, -0.2) is 8.42 Å². The van der Waals surface area contributed by atoms with E-state index in [1.165, 1.54) is 0 Å². The number of rotatable bonds is 4. The molecule has 1 N–H and O–H groups in total. The molecule has 0 amide bonds. The molecule has 0 aliphatic heterocycles. The summed E-state index contributed by atoms with van der Waals surface area (Å²) in [4.78, 5) is 0. The summed E-state index contributed by atoms with van der Waals surface area (Å²) in [5.74, 6) is -0.212. The van der Waals surface area contributed by atoms with Crippen LogP contribution in [0.4, 0.5) is 0 Å². The van der Waals surface area contributed by atoms with E-state index in [4.69, 9.17) is 16.7 Å². The molecule has 1 rings (SSSR count). The summed E-state index contributed by atoms with van der Waals surface area (Å²) in [5, 5.41) is 8.61. The Bertz CT molecular complexity index is 411. The molecule has 0 aliphatic carbocycles. The Kier molecular flexibility index (Phi) is 4.13. The molecule has 1 aromatic rings. The van der Waals surface area contributed by atoms with Crippen molar-refractivity contribution in [1.29, 1.82) is 0 Å². The van der Waals surface area contributed by atoms with Gasteiger partial charge in [0.15, 0.2) is 9.84 Å². The van der Waals surface area contributed by atoms with Gasteiger partial charge in [-0.2, -0.15) is 0 Å². The van der Waals surface area contributed by atoms with Crippen molar-refractivity contribution in [2.24, 2.45) is 0 Å². The minimum absolute atomic E-state index is 0.212. The van der Waals surface area contributed by atoms with Crippen molar-refractivity contribution in [3.05, 3.63) is 34.9 Å². The molecule has 0 aromatic heterocycles. The number of aliphatic hydroxyl groups excluding tert-OH is 1. The monoisotopic (exact) mass is 248 g/mol. The van der Waals surface area contributed by atoms with E-state index in [-0.39, 0.29) is 12.4 Å². The van der Waals surface area contributed by atoms with Crippen molar-refractivity contribution in [3.63, 3.8) is 0 Å². The average molecular weight is 249 g/mol. The van der Waals surface area contributed by atoms with E-state index in [2.05, 4.69) is 0 Å². The Morgan fingerprint density at radius 1 is 1.33 bits per heavy atom. The Morgan fingerprint density at radius 3 is 2.33 bits per heavy atom. The molecule has 0 fully saturated rings. The summed E-state index contributed by atoms with van der Waals surface area (Å²) < 4.78 is 23.2. The predicted molar refractivity (Wildman–Crippen MR) is 60.7 cm³/mol. The zero-order valence-electron chi connectivity index (χ0n) is 8.35. The van der Waals surface area contributed by atoms with Crippen LogP contribution in [0.1, 0.15) is 17.7 Å². The molecule has 0 radical (unpaired) electrons. The normalized spacial score (nSPS) is 13.8. The highest BCUT2D eigenvalue weighted by Crippen LogP contribution is 2.23. The van der Waals surface area contributed by atoms with Crippen molar-refractivity contribution in [3.8, 4) is 0 Å². The zero-order chi connectivity index (χ0) is 11.5. The number of benzene rings is 1. The predicted octanol–water partition coefficient (Wildman–Crippen LogP) is 1.81. The van der Waals surface area contributed by atoms with Crippen molar-refractivity contribution in [2.45, 2.75) is 12.2 Å². The molecule has 1 aromatic carbocycles. The van der Waals surface area contributed by atoms with E-state index < -0.39 is 15.1 Å². The molecule has 0 saturated carbocycles. The second-order valence-corrected chi connectivity index (χ2v) is 6.16. The lowest BCUT2D eigenvalue weighted by Gasteiger charge is -2.12. The fourth-order valence-electron chi connectivity index (χ4n) is 1.25. The molecule has 0 aliphatic rings. The highest BCUT2D eigenvalue weighted by molar-refractivity contribution is 7.91. The third kappa shape index (κ3) is 3.19. The minimum Gasteiger partial charge on any atom is -0.395 e. The lowest BCUT2D eigenvalue weighted by Crippen LogP contribution is -2.16. The van der Waals surface area contributed by atoms with Crippen LogP contribution in [0, 0.1) is 0 Å². The van der Waals surface area contributed by atoms with E-state index >= 15 is 0 Å². The summed E-state index contributed by atoms with van der Waals surface area (Å²) >= 11 is 5.70. The molecule has 84 valence electrons. The number of aliphatic hydroxyl groups is 1. The lowest BCUT2D eigenvalue weighted by atomic mass is 10.2. The first-order valence-electron chi connectivity index (χ1n) is 4.55. The maximum atomic E-state index is 11.6. The summed E-state index contributed by atoms with van der Waals surface area (Å²) in [7, 11) is -3.27. The number of hydrogen-bond donors (Lipinski definition) is 1. The second kappa shape index (κ2) is 4.96. The van der Waals surface area contributed by atoms with E-state index in [0.29, 0.717) is 10.6 Å². The van der Waals surface area contributed by atoms with Gasteiger partial charge in [-0.05, 0) is 24.6 Å². The first-order valence-corrected chi connectivity index (χ1v) is 6.64. The largest absolute Gasteiger partial charge is 0.395 e. The van der Waals surface area contributed by atoms with Crippen LogP contribution < -0.4 is 0 Å². The fourth-order valence-corrected chi connectivity index (χ4v) is 2.55. The van der Waals surface area contributed by atoms with Crippen molar-refractivity contribution in [1.82, 2.24) is 0 Å². The van der Waals surface area contributed by atoms with Crippen LogP contribution in [0.15, 0.2) is 24.3 Å². The van der Waals surface area contributed by atoms with Gasteiger partial charge in [-0.15, -0.1) is 0 Å². The molecule has 0 bridgehead atoms. The molecule has 0 heterocycles. The molecule has 5 heteroatoms. The SMILES string of the molecule is CC(c1ccc(Cl)cc1)S(=O)(=O)CCO. The van der Waals surface area contributed by atoms with Crippen molar-refractivity contribution in [2.75, 3.05) is 12.4 Å². The van der Waals surface area contributed by atoms with Crippen molar-refractivity contribution >= 4 is 21.4 Å². The Balaban J connectivity index is 2.94. The van der Waals surface area contributed by atoms with Crippen LogP contribution in [-0.2, 0) is 9.84 Å². The van der Waals surface area contributed by atoms with E-state index in [1.807, 2.05) is 0 Å². The van der Waals surface area contributed by atoms with Crippen molar-refractivity contribution < 1.29 is 13.5 Å². The molecule has 0 saturated heterocycles. The summed E-state index contributed by atoms with van der Waals surface area (Å²) in [5.41, 5.74) is 0.688. The van der Waals surface area contributed by atoms with Crippen LogP contribution in [0.2, 0.25) is 5.02 Å². The molecular formula is C10H13ClO3S. The summed E-state index contributed by atoms with van der Waals surface area (Å²) in [6.45, 7) is 1.26. The topological polar surface area (TPSA) is 54.4 Å². The lowest BCUT2D eigenvalue weighted by molar-refractivity contribution is 0.319. The van der Waals surface area contributed by atoms with Crippen LogP contribution in [0.25, 0.3) is 0 Å². The minimum atomic E-state index is -3.27. The third-order valence-corrected chi connectivity index (χ3v) is 4.61. The average Bonchev–Trinajstić information content (AvgIpc) is 2.18. The first kappa shape index (κ1) is 12.5. The van der Waals surface area contributed by atoms with Gasteiger partial charge in [-0.3, -0.25) is 0 Å². The van der Waals surface area contributed by atoms with Crippen LogP contribution >= 0.6 is 11.6 Å². The van der Waals surface area contributed by atoms with E-state index in [9.17, 15) is 8.42 Å². The van der Waals surface area contributed by atoms with Gasteiger partial charge < -0.3 is 5.11 Å². The Hall–Kier alpha value is -0.580. The van der Waals surface area contributed by atoms with Gasteiger partial charge in [0.1, 0.15) is 0 Å². The maximum Gasteiger partial charge on any atom is 0.159 e. The van der Waals surface area contributed by atoms with E-state index in [0.717, 1.165) is 0 Å². The highest BCUT2D eigenvalue weighted by Gasteiger charge is 2.21. The van der Waals surface area contributed by atoms with E-state index in [1.54, 1.807) is 31.2 Å². The molecule has 0 spiro atoms. The summed E-state index contributed by atoms with van der Waals surface area (Å²) in [6, 6.07) is 6.67. The third-order valence-electron chi connectivity index (χ3n) is 2.25. The van der Waals surface area contributed by atoms with Gasteiger partial charge in [0.25, 0.3) is 0 Å². The summed E-state index contributed by atoms with van der Waals surface area (Å²) in [6.07, 6.45) is 0. The molecule has 3 nitrogen and oxygen atoms in total. The van der Waals surface area contributed by atoms with Crippen LogP contribution in [0.5, 0.6) is 0 Å². The van der Waals surface area contributed by atoms with Gasteiger partial charge in [-0.1, -0.05) is 23.7 Å². The Morgan fingerprint density at radius 2 is 1.87 bits per heavy atom. The standard InChI is InChI=1S/C10H13ClO3S/c1-8(15(13,14)7-6-12)9-2-4-10(11)5-3-9/h2-5,8,12H,6-7H2,1H3. The van der Waals surface area contributed by atoms with Crippen LogP contribution in [-0.4, -0.2) is 25.9 Å². The number of halogens is 1. The highest BCUT2D eigenvalue weighted by atomic mass is 35.5.